The molecule has 0 radical (unpaired) electrons. The van der Waals surface area contributed by atoms with Gasteiger partial charge in [-0.15, -0.1) is 0 Å². The first-order valence-electron chi connectivity index (χ1n) is 7.53. The van der Waals surface area contributed by atoms with E-state index in [1.807, 2.05) is 24.3 Å². The van der Waals surface area contributed by atoms with Crippen molar-refractivity contribution in [3.8, 4) is 11.3 Å². The molecule has 0 bridgehead atoms. The molecule has 4 rings (SSSR count). The second kappa shape index (κ2) is 6.06. The predicted molar refractivity (Wildman–Crippen MR) is 100 cm³/mol. The van der Waals surface area contributed by atoms with E-state index in [-0.39, 0.29) is 5.69 Å². The van der Waals surface area contributed by atoms with Gasteiger partial charge in [0.25, 0.3) is 0 Å². The number of benzene rings is 2. The molecule has 2 aromatic carbocycles. The van der Waals surface area contributed by atoms with Crippen LogP contribution in [0.4, 0.5) is 0 Å². The SMILES string of the molecule is COC(=O)c1cc2c([nH]c3ccccc32)c(-c2ccc(Cl)cc2Cl)n1. The molecule has 0 fully saturated rings. The monoisotopic (exact) mass is 370 g/mol. The van der Waals surface area contributed by atoms with Crippen molar-refractivity contribution in [2.24, 2.45) is 0 Å². The van der Waals surface area contributed by atoms with Gasteiger partial charge in [0, 0.05) is 26.9 Å². The number of halogens is 2. The maximum atomic E-state index is 12.1. The third-order valence-electron chi connectivity index (χ3n) is 4.08. The lowest BCUT2D eigenvalue weighted by molar-refractivity contribution is 0.0594. The lowest BCUT2D eigenvalue weighted by Gasteiger charge is -2.08. The predicted octanol–water partition coefficient (Wildman–Crippen LogP) is 5.48. The normalized spacial score (nSPS) is 11.2. The Labute approximate surface area is 153 Å². The average Bonchev–Trinajstić information content (AvgIpc) is 2.99. The Hall–Kier alpha value is -2.56. The van der Waals surface area contributed by atoms with Gasteiger partial charge in [-0.3, -0.25) is 0 Å². The van der Waals surface area contributed by atoms with Gasteiger partial charge in [0.05, 0.1) is 23.3 Å². The summed E-state index contributed by atoms with van der Waals surface area (Å²) in [6, 6.07) is 14.8. The molecule has 25 heavy (non-hydrogen) atoms. The van der Waals surface area contributed by atoms with E-state index in [1.54, 1.807) is 24.3 Å². The number of carbonyl (C=O) groups excluding carboxylic acids is 1. The minimum absolute atomic E-state index is 0.223. The fourth-order valence-electron chi connectivity index (χ4n) is 2.93. The molecule has 124 valence electrons. The Morgan fingerprint density at radius 2 is 1.88 bits per heavy atom. The highest BCUT2D eigenvalue weighted by Gasteiger charge is 2.18. The van der Waals surface area contributed by atoms with Crippen molar-refractivity contribution in [3.63, 3.8) is 0 Å². The molecular formula is C19H12Cl2N2O2. The molecule has 0 saturated heterocycles. The Balaban J connectivity index is 2.12. The number of carbonyl (C=O) groups is 1. The third-order valence-corrected chi connectivity index (χ3v) is 4.62. The number of rotatable bonds is 2. The van der Waals surface area contributed by atoms with E-state index in [9.17, 15) is 4.79 Å². The van der Waals surface area contributed by atoms with Gasteiger partial charge in [0.15, 0.2) is 0 Å². The van der Waals surface area contributed by atoms with E-state index in [0.29, 0.717) is 21.3 Å². The maximum absolute atomic E-state index is 12.1. The molecule has 0 saturated carbocycles. The number of pyridine rings is 1. The minimum atomic E-state index is -0.501. The molecule has 0 aliphatic rings. The van der Waals surface area contributed by atoms with E-state index in [2.05, 4.69) is 9.97 Å². The Kier molecular flexibility index (Phi) is 3.86. The van der Waals surface area contributed by atoms with Gasteiger partial charge >= 0.3 is 5.97 Å². The summed E-state index contributed by atoms with van der Waals surface area (Å²) >= 11 is 12.4. The zero-order chi connectivity index (χ0) is 17.6. The third kappa shape index (κ3) is 2.64. The number of para-hydroxylation sites is 1. The first kappa shape index (κ1) is 15.9. The van der Waals surface area contributed by atoms with E-state index in [4.69, 9.17) is 27.9 Å². The van der Waals surface area contributed by atoms with E-state index in [1.165, 1.54) is 7.11 Å². The molecule has 0 spiro atoms. The Bertz CT molecular complexity index is 1140. The molecule has 0 aliphatic carbocycles. The van der Waals surface area contributed by atoms with Crippen molar-refractivity contribution in [1.82, 2.24) is 9.97 Å². The van der Waals surface area contributed by atoms with Crippen LogP contribution in [-0.2, 0) is 4.74 Å². The minimum Gasteiger partial charge on any atom is -0.464 e. The molecule has 0 aliphatic heterocycles. The molecule has 2 heterocycles. The van der Waals surface area contributed by atoms with Crippen molar-refractivity contribution in [2.45, 2.75) is 0 Å². The van der Waals surface area contributed by atoms with Crippen LogP contribution < -0.4 is 0 Å². The van der Waals surface area contributed by atoms with Crippen molar-refractivity contribution in [1.29, 1.82) is 0 Å². The van der Waals surface area contributed by atoms with Crippen molar-refractivity contribution < 1.29 is 9.53 Å². The van der Waals surface area contributed by atoms with Crippen molar-refractivity contribution >= 4 is 51.0 Å². The van der Waals surface area contributed by atoms with E-state index >= 15 is 0 Å². The summed E-state index contributed by atoms with van der Waals surface area (Å²) in [4.78, 5) is 19.9. The lowest BCUT2D eigenvalue weighted by Crippen LogP contribution is -2.05. The standard InChI is InChI=1S/C19H12Cl2N2O2/c1-25-19(24)16-9-13-11-4-2-3-5-15(11)22-18(13)17(23-16)12-7-6-10(20)8-14(12)21/h2-9,22H,1H3. The number of nitrogens with zero attached hydrogens (tertiary/aromatic N) is 1. The molecule has 0 unspecified atom stereocenters. The summed E-state index contributed by atoms with van der Waals surface area (Å²) in [7, 11) is 1.33. The molecule has 2 aromatic heterocycles. The number of methoxy groups -OCH3 is 1. The van der Waals surface area contributed by atoms with E-state index < -0.39 is 5.97 Å². The number of aromatic amines is 1. The number of fused-ring (bicyclic) bond motifs is 3. The molecule has 0 atom stereocenters. The molecule has 4 aromatic rings. The topological polar surface area (TPSA) is 55.0 Å². The fourth-order valence-corrected chi connectivity index (χ4v) is 3.43. The summed E-state index contributed by atoms with van der Waals surface area (Å²) < 4.78 is 4.85. The van der Waals surface area contributed by atoms with Crippen molar-refractivity contribution in [3.05, 3.63) is 64.3 Å². The number of nitrogens with one attached hydrogen (secondary N) is 1. The highest BCUT2D eigenvalue weighted by Crippen LogP contribution is 2.36. The second-order valence-corrected chi connectivity index (χ2v) is 6.41. The van der Waals surface area contributed by atoms with Gasteiger partial charge in [-0.25, -0.2) is 9.78 Å². The van der Waals surface area contributed by atoms with Crippen LogP contribution in [0.3, 0.4) is 0 Å². The first-order valence-corrected chi connectivity index (χ1v) is 8.29. The summed E-state index contributed by atoms with van der Waals surface area (Å²) in [6.45, 7) is 0. The zero-order valence-electron chi connectivity index (χ0n) is 13.1. The Morgan fingerprint density at radius 3 is 2.64 bits per heavy atom. The quantitative estimate of drug-likeness (QED) is 0.475. The smallest absolute Gasteiger partial charge is 0.356 e. The molecule has 4 nitrogen and oxygen atoms in total. The number of hydrogen-bond donors (Lipinski definition) is 1. The van der Waals surface area contributed by atoms with Crippen LogP contribution in [0, 0.1) is 0 Å². The lowest BCUT2D eigenvalue weighted by atomic mass is 10.1. The summed E-state index contributed by atoms with van der Waals surface area (Å²) in [6.07, 6.45) is 0. The van der Waals surface area contributed by atoms with Crippen LogP contribution in [0.1, 0.15) is 10.5 Å². The van der Waals surface area contributed by atoms with Gasteiger partial charge in [0.2, 0.25) is 0 Å². The molecular weight excluding hydrogens is 359 g/mol. The zero-order valence-corrected chi connectivity index (χ0v) is 14.7. The van der Waals surface area contributed by atoms with Crippen LogP contribution >= 0.6 is 23.2 Å². The van der Waals surface area contributed by atoms with Crippen LogP contribution in [0.2, 0.25) is 10.0 Å². The van der Waals surface area contributed by atoms with Gasteiger partial charge in [-0.05, 0) is 30.3 Å². The second-order valence-electron chi connectivity index (χ2n) is 5.56. The summed E-state index contributed by atoms with van der Waals surface area (Å²) in [5.74, 6) is -0.501. The van der Waals surface area contributed by atoms with E-state index in [0.717, 1.165) is 21.8 Å². The van der Waals surface area contributed by atoms with Crippen LogP contribution in [0.15, 0.2) is 48.5 Å². The number of aromatic nitrogens is 2. The highest BCUT2D eigenvalue weighted by molar-refractivity contribution is 6.36. The average molecular weight is 371 g/mol. The maximum Gasteiger partial charge on any atom is 0.356 e. The largest absolute Gasteiger partial charge is 0.464 e. The molecule has 0 amide bonds. The van der Waals surface area contributed by atoms with Crippen LogP contribution in [0.5, 0.6) is 0 Å². The summed E-state index contributed by atoms with van der Waals surface area (Å²) in [5, 5.41) is 2.87. The number of hydrogen-bond acceptors (Lipinski definition) is 3. The fraction of sp³-hybridized carbons (Fsp3) is 0.0526. The highest BCUT2D eigenvalue weighted by atomic mass is 35.5. The first-order chi connectivity index (χ1) is 12.1. The molecule has 1 N–H and O–H groups in total. The van der Waals surface area contributed by atoms with Crippen molar-refractivity contribution in [2.75, 3.05) is 7.11 Å². The van der Waals surface area contributed by atoms with Gasteiger partial charge in [-0.1, -0.05) is 41.4 Å². The molecule has 6 heteroatoms. The van der Waals surface area contributed by atoms with Crippen LogP contribution in [0.25, 0.3) is 33.1 Å². The van der Waals surface area contributed by atoms with Gasteiger partial charge in [0.1, 0.15) is 5.69 Å². The Morgan fingerprint density at radius 1 is 1.08 bits per heavy atom. The summed E-state index contributed by atoms with van der Waals surface area (Å²) in [5.41, 5.74) is 3.25. The number of ether oxygens (including phenoxy) is 1. The van der Waals surface area contributed by atoms with Gasteiger partial charge in [-0.2, -0.15) is 0 Å². The van der Waals surface area contributed by atoms with Crippen LogP contribution in [-0.4, -0.2) is 23.0 Å². The van der Waals surface area contributed by atoms with Gasteiger partial charge < -0.3 is 9.72 Å². The number of H-pyrrole nitrogens is 1. The number of esters is 1.